The van der Waals surface area contributed by atoms with Gasteiger partial charge in [-0.15, -0.1) is 0 Å². The Morgan fingerprint density at radius 3 is 2.56 bits per heavy atom. The third-order valence-corrected chi connectivity index (χ3v) is 5.79. The molecule has 0 saturated carbocycles. The van der Waals surface area contributed by atoms with Crippen molar-refractivity contribution in [3.05, 3.63) is 119 Å². The Kier molecular flexibility index (Phi) is 4.98. The summed E-state index contributed by atoms with van der Waals surface area (Å²) in [7, 11) is 0. The Morgan fingerprint density at radius 1 is 0.969 bits per heavy atom. The fourth-order valence-corrected chi connectivity index (χ4v) is 4.22. The molecule has 1 atom stereocenters. The molecule has 4 aromatic rings. The molecule has 0 saturated heterocycles. The summed E-state index contributed by atoms with van der Waals surface area (Å²) in [6.45, 7) is 2.31. The second kappa shape index (κ2) is 7.96. The van der Waals surface area contributed by atoms with E-state index in [2.05, 4.69) is 9.88 Å². The van der Waals surface area contributed by atoms with Crippen molar-refractivity contribution >= 4 is 11.7 Å². The first-order chi connectivity index (χ1) is 15.5. The number of para-hydroxylation sites is 1. The normalized spacial score (nSPS) is 15.0. The lowest BCUT2D eigenvalue weighted by Gasteiger charge is -2.31. The number of carbonyl (C=O) groups excluding carboxylic acids is 1. The first-order valence-electron chi connectivity index (χ1n) is 10.4. The summed E-state index contributed by atoms with van der Waals surface area (Å²) in [5, 5.41) is 2.58. The Morgan fingerprint density at radius 2 is 1.75 bits per heavy atom. The van der Waals surface area contributed by atoms with Crippen LogP contribution < -0.4 is 5.32 Å². The van der Waals surface area contributed by atoms with Gasteiger partial charge in [0.15, 0.2) is 0 Å². The zero-order valence-corrected chi connectivity index (χ0v) is 17.4. The minimum Gasteiger partial charge on any atom is -0.318 e. The molecular weight excluding hydrogens is 408 g/mol. The second-order valence-electron chi connectivity index (χ2n) is 7.93. The SMILES string of the molecule is Cc1ccc([C@@H]2c3cccn3-c3ccccc3CN2C(=O)Nc2cc(F)ccc2F)cc1. The molecule has 0 fully saturated rings. The quantitative estimate of drug-likeness (QED) is 0.405. The number of halogens is 2. The van der Waals surface area contributed by atoms with Crippen LogP contribution in [-0.4, -0.2) is 15.5 Å². The van der Waals surface area contributed by atoms with Crippen LogP contribution in [-0.2, 0) is 6.54 Å². The van der Waals surface area contributed by atoms with Gasteiger partial charge in [0.05, 0.1) is 24.0 Å². The molecular formula is C26H21F2N3O. The molecule has 0 aliphatic carbocycles. The van der Waals surface area contributed by atoms with Crippen LogP contribution in [0.4, 0.5) is 19.3 Å². The van der Waals surface area contributed by atoms with Crippen molar-refractivity contribution in [3.63, 3.8) is 0 Å². The Bertz CT molecular complexity index is 1300. The van der Waals surface area contributed by atoms with E-state index in [9.17, 15) is 13.6 Å². The van der Waals surface area contributed by atoms with Gasteiger partial charge in [0, 0.05) is 18.0 Å². The average molecular weight is 429 g/mol. The van der Waals surface area contributed by atoms with Crippen LogP contribution in [0.25, 0.3) is 5.69 Å². The third-order valence-electron chi connectivity index (χ3n) is 5.79. The molecule has 1 aliphatic heterocycles. The van der Waals surface area contributed by atoms with Crippen molar-refractivity contribution in [1.82, 2.24) is 9.47 Å². The van der Waals surface area contributed by atoms with Crippen molar-refractivity contribution < 1.29 is 13.6 Å². The highest BCUT2D eigenvalue weighted by molar-refractivity contribution is 5.90. The van der Waals surface area contributed by atoms with Gasteiger partial charge >= 0.3 is 6.03 Å². The molecule has 0 spiro atoms. The molecule has 32 heavy (non-hydrogen) atoms. The molecule has 2 heterocycles. The first-order valence-corrected chi connectivity index (χ1v) is 10.4. The predicted molar refractivity (Wildman–Crippen MR) is 120 cm³/mol. The van der Waals surface area contributed by atoms with Gasteiger partial charge in [0.25, 0.3) is 0 Å². The number of fused-ring (bicyclic) bond motifs is 3. The van der Waals surface area contributed by atoms with Crippen molar-refractivity contribution in [2.24, 2.45) is 0 Å². The van der Waals surface area contributed by atoms with E-state index in [0.717, 1.165) is 46.3 Å². The summed E-state index contributed by atoms with van der Waals surface area (Å²) >= 11 is 0. The monoisotopic (exact) mass is 429 g/mol. The van der Waals surface area contributed by atoms with E-state index in [0.29, 0.717) is 6.54 Å². The minimum absolute atomic E-state index is 0.189. The molecule has 4 nitrogen and oxygen atoms in total. The lowest BCUT2D eigenvalue weighted by Crippen LogP contribution is -2.38. The molecule has 1 aliphatic rings. The largest absolute Gasteiger partial charge is 0.323 e. The molecule has 0 bridgehead atoms. The van der Waals surface area contributed by atoms with Crippen LogP contribution in [0.1, 0.15) is 28.4 Å². The highest BCUT2D eigenvalue weighted by Crippen LogP contribution is 2.37. The van der Waals surface area contributed by atoms with Crippen molar-refractivity contribution in [1.29, 1.82) is 0 Å². The second-order valence-corrected chi connectivity index (χ2v) is 7.93. The molecule has 5 rings (SSSR count). The third kappa shape index (κ3) is 3.54. The summed E-state index contributed by atoms with van der Waals surface area (Å²) < 4.78 is 30.0. The fourth-order valence-electron chi connectivity index (χ4n) is 4.22. The summed E-state index contributed by atoms with van der Waals surface area (Å²) in [6.07, 6.45) is 1.98. The highest BCUT2D eigenvalue weighted by Gasteiger charge is 2.33. The predicted octanol–water partition coefficient (Wildman–Crippen LogP) is 6.20. The Labute approximate surface area is 184 Å². The topological polar surface area (TPSA) is 37.3 Å². The number of aryl methyl sites for hydroxylation is 1. The van der Waals surface area contributed by atoms with Crippen LogP contribution in [0.2, 0.25) is 0 Å². The summed E-state index contributed by atoms with van der Waals surface area (Å²) in [5.74, 6) is -1.31. The van der Waals surface area contributed by atoms with E-state index >= 15 is 0 Å². The lowest BCUT2D eigenvalue weighted by molar-refractivity contribution is 0.194. The maximum absolute atomic E-state index is 14.3. The van der Waals surface area contributed by atoms with Gasteiger partial charge in [-0.1, -0.05) is 48.0 Å². The van der Waals surface area contributed by atoms with Crippen LogP contribution >= 0.6 is 0 Å². The standard InChI is InChI=1S/C26H21F2N3O/c1-17-8-10-18(11-9-17)25-24-7-4-14-30(24)23-6-3-2-5-19(23)16-31(25)26(32)29-22-15-20(27)12-13-21(22)28/h2-15,25H,16H2,1H3,(H,29,32)/t25-/m1/s1. The van der Waals surface area contributed by atoms with E-state index in [1.165, 1.54) is 0 Å². The van der Waals surface area contributed by atoms with Crippen molar-refractivity contribution in [2.75, 3.05) is 5.32 Å². The zero-order valence-electron chi connectivity index (χ0n) is 17.4. The van der Waals surface area contributed by atoms with Crippen LogP contribution in [0.3, 0.4) is 0 Å². The number of hydrogen-bond donors (Lipinski definition) is 1. The van der Waals surface area contributed by atoms with Crippen LogP contribution in [0.15, 0.2) is 85.1 Å². The van der Waals surface area contributed by atoms with Crippen molar-refractivity contribution in [3.8, 4) is 5.69 Å². The van der Waals surface area contributed by atoms with E-state index in [1.54, 1.807) is 4.90 Å². The smallest absolute Gasteiger partial charge is 0.318 e. The molecule has 160 valence electrons. The number of urea groups is 1. The Balaban J connectivity index is 1.63. The molecule has 3 aromatic carbocycles. The summed E-state index contributed by atoms with van der Waals surface area (Å²) in [5.41, 5.74) is 4.70. The summed E-state index contributed by atoms with van der Waals surface area (Å²) in [4.78, 5) is 15.2. The number of carbonyl (C=O) groups is 1. The number of aromatic nitrogens is 1. The number of nitrogens with zero attached hydrogens (tertiary/aromatic N) is 2. The van der Waals surface area contributed by atoms with E-state index < -0.39 is 23.7 Å². The zero-order chi connectivity index (χ0) is 22.2. The minimum atomic E-state index is -0.690. The molecule has 6 heteroatoms. The van der Waals surface area contributed by atoms with Gasteiger partial charge in [-0.2, -0.15) is 0 Å². The highest BCUT2D eigenvalue weighted by atomic mass is 19.1. The van der Waals surface area contributed by atoms with Crippen molar-refractivity contribution in [2.45, 2.75) is 19.5 Å². The van der Waals surface area contributed by atoms with Gasteiger partial charge in [0.1, 0.15) is 11.6 Å². The van der Waals surface area contributed by atoms with E-state index in [1.807, 2.05) is 73.8 Å². The number of rotatable bonds is 2. The number of benzene rings is 3. The van der Waals surface area contributed by atoms with E-state index in [4.69, 9.17) is 0 Å². The maximum Gasteiger partial charge on any atom is 0.323 e. The average Bonchev–Trinajstić information content (AvgIpc) is 3.21. The molecule has 2 amide bonds. The van der Waals surface area contributed by atoms with Gasteiger partial charge < -0.3 is 14.8 Å². The molecule has 0 radical (unpaired) electrons. The number of amides is 2. The van der Waals surface area contributed by atoms with E-state index in [-0.39, 0.29) is 5.69 Å². The van der Waals surface area contributed by atoms with Crippen LogP contribution in [0.5, 0.6) is 0 Å². The van der Waals surface area contributed by atoms with Gasteiger partial charge in [0.2, 0.25) is 0 Å². The van der Waals surface area contributed by atoms with Gasteiger partial charge in [-0.05, 0) is 48.4 Å². The first kappa shape index (κ1) is 20.0. The lowest BCUT2D eigenvalue weighted by atomic mass is 10.0. The number of hydrogen-bond acceptors (Lipinski definition) is 1. The fraction of sp³-hybridized carbons (Fsp3) is 0.115. The van der Waals surface area contributed by atoms with Gasteiger partial charge in [-0.25, -0.2) is 13.6 Å². The molecule has 1 N–H and O–H groups in total. The summed E-state index contributed by atoms with van der Waals surface area (Å²) in [6, 6.07) is 21.9. The molecule has 1 aromatic heterocycles. The molecule has 0 unspecified atom stereocenters. The number of anilines is 1. The maximum atomic E-state index is 14.3. The number of nitrogens with one attached hydrogen (secondary N) is 1. The Hall–Kier alpha value is -3.93. The van der Waals surface area contributed by atoms with Crippen LogP contribution in [0, 0.1) is 18.6 Å². The van der Waals surface area contributed by atoms with Gasteiger partial charge in [-0.3, -0.25) is 0 Å².